The lowest BCUT2D eigenvalue weighted by atomic mass is 10.2. The number of ether oxygens (including phenoxy) is 1. The number of aromatic carboxylic acids is 1. The van der Waals surface area contributed by atoms with Gasteiger partial charge in [-0.2, -0.15) is 0 Å². The van der Waals surface area contributed by atoms with Gasteiger partial charge in [-0.3, -0.25) is 0 Å². The lowest BCUT2D eigenvalue weighted by Crippen LogP contribution is -2.20. The first-order valence-electron chi connectivity index (χ1n) is 5.67. The molecule has 8 heteroatoms. The first-order valence-corrected chi connectivity index (χ1v) is 7.97. The van der Waals surface area contributed by atoms with Crippen LogP contribution in [0.3, 0.4) is 0 Å². The van der Waals surface area contributed by atoms with Crippen LogP contribution >= 0.6 is 23.2 Å². The molecule has 0 aliphatic heterocycles. The summed E-state index contributed by atoms with van der Waals surface area (Å²) in [7, 11) is -2.28. The molecule has 0 saturated heterocycles. The fraction of sp³-hybridized carbons (Fsp3) is 0.417. The van der Waals surface area contributed by atoms with E-state index in [1.54, 1.807) is 0 Å². The highest BCUT2D eigenvalue weighted by atomic mass is 35.5. The van der Waals surface area contributed by atoms with E-state index in [9.17, 15) is 13.2 Å². The van der Waals surface area contributed by atoms with Crippen LogP contribution in [0, 0.1) is 0 Å². The van der Waals surface area contributed by atoms with Crippen molar-refractivity contribution >= 4 is 39.0 Å². The highest BCUT2D eigenvalue weighted by Crippen LogP contribution is 2.33. The van der Waals surface area contributed by atoms with Crippen molar-refractivity contribution < 1.29 is 23.1 Å². The second-order valence-electron chi connectivity index (χ2n) is 4.18. The average Bonchev–Trinajstić information content (AvgIpc) is 2.34. The average molecular weight is 341 g/mol. The lowest BCUT2D eigenvalue weighted by Gasteiger charge is -2.15. The largest absolute Gasteiger partial charge is 0.478 e. The van der Waals surface area contributed by atoms with Crippen molar-refractivity contribution in [2.24, 2.45) is 0 Å². The molecule has 1 atom stereocenters. The van der Waals surface area contributed by atoms with Crippen molar-refractivity contribution in [2.45, 2.75) is 23.5 Å². The number of carboxylic acid groups (broad SMARTS) is 1. The number of sulfone groups is 1. The normalized spacial score (nSPS) is 13.2. The summed E-state index contributed by atoms with van der Waals surface area (Å²) < 4.78 is 29.6. The maximum absolute atomic E-state index is 12.4. The number of carboxylic acids is 1. The Morgan fingerprint density at radius 3 is 2.50 bits per heavy atom. The molecule has 0 heterocycles. The van der Waals surface area contributed by atoms with Crippen molar-refractivity contribution in [3.63, 3.8) is 0 Å². The Labute approximate surface area is 127 Å². The highest BCUT2D eigenvalue weighted by Gasteiger charge is 2.29. The second kappa shape index (κ2) is 6.76. The van der Waals surface area contributed by atoms with E-state index in [4.69, 9.17) is 33.0 Å². The summed E-state index contributed by atoms with van der Waals surface area (Å²) in [6.45, 7) is 1.79. The third kappa shape index (κ3) is 3.44. The zero-order valence-corrected chi connectivity index (χ0v) is 13.2. The molecule has 0 aliphatic carbocycles. The third-order valence-electron chi connectivity index (χ3n) is 2.83. The van der Waals surface area contributed by atoms with E-state index < -0.39 is 26.6 Å². The molecule has 1 aromatic carbocycles. The zero-order chi connectivity index (χ0) is 15.5. The maximum atomic E-state index is 12.4. The fourth-order valence-corrected chi connectivity index (χ4v) is 3.91. The van der Waals surface area contributed by atoms with Gasteiger partial charge in [0.05, 0.1) is 25.8 Å². The van der Waals surface area contributed by atoms with E-state index in [1.807, 2.05) is 0 Å². The fourth-order valence-electron chi connectivity index (χ4n) is 1.60. The van der Waals surface area contributed by atoms with Gasteiger partial charge in [0.1, 0.15) is 0 Å². The Bertz CT molecular complexity index is 613. The van der Waals surface area contributed by atoms with Crippen LogP contribution in [0.1, 0.15) is 23.7 Å². The molecule has 0 radical (unpaired) electrons. The first kappa shape index (κ1) is 17.2. The van der Waals surface area contributed by atoms with Crippen molar-refractivity contribution in [1.29, 1.82) is 0 Å². The second-order valence-corrected chi connectivity index (χ2v) is 7.30. The topological polar surface area (TPSA) is 80.7 Å². The summed E-state index contributed by atoms with van der Waals surface area (Å²) in [5.41, 5.74) is -0.409. The van der Waals surface area contributed by atoms with Crippen LogP contribution in [-0.4, -0.2) is 38.5 Å². The van der Waals surface area contributed by atoms with E-state index in [-0.39, 0.29) is 28.0 Å². The summed E-state index contributed by atoms with van der Waals surface area (Å²) in [5.74, 6) is -1.37. The molecule has 1 aromatic rings. The van der Waals surface area contributed by atoms with Gasteiger partial charge in [-0.1, -0.05) is 23.2 Å². The van der Waals surface area contributed by atoms with Gasteiger partial charge >= 0.3 is 5.97 Å². The predicted molar refractivity (Wildman–Crippen MR) is 76.6 cm³/mol. The summed E-state index contributed by atoms with van der Waals surface area (Å²) >= 11 is 11.6. The van der Waals surface area contributed by atoms with E-state index in [0.29, 0.717) is 0 Å². The lowest BCUT2D eigenvalue weighted by molar-refractivity contribution is 0.0697. The summed E-state index contributed by atoms with van der Waals surface area (Å²) in [6, 6.07) is 2.43. The maximum Gasteiger partial charge on any atom is 0.338 e. The molecule has 0 aliphatic rings. The van der Waals surface area contributed by atoms with Crippen molar-refractivity contribution in [3.05, 3.63) is 27.7 Å². The number of halogens is 2. The minimum Gasteiger partial charge on any atom is -0.478 e. The number of hydrogen-bond acceptors (Lipinski definition) is 4. The van der Waals surface area contributed by atoms with Crippen molar-refractivity contribution in [1.82, 2.24) is 0 Å². The molecule has 1 rings (SSSR count). The Kier molecular flexibility index (Phi) is 5.82. The monoisotopic (exact) mass is 340 g/mol. The van der Waals surface area contributed by atoms with Gasteiger partial charge in [0.15, 0.2) is 9.84 Å². The molecule has 0 bridgehead atoms. The van der Waals surface area contributed by atoms with E-state index in [0.717, 1.165) is 0 Å². The Balaban J connectivity index is 3.33. The van der Waals surface area contributed by atoms with Crippen molar-refractivity contribution in [2.75, 3.05) is 13.7 Å². The molecule has 0 saturated carbocycles. The smallest absolute Gasteiger partial charge is 0.338 e. The zero-order valence-electron chi connectivity index (χ0n) is 10.9. The number of carbonyl (C=O) groups is 1. The highest BCUT2D eigenvalue weighted by molar-refractivity contribution is 7.92. The number of methoxy groups -OCH3 is 1. The Hall–Kier alpha value is -0.820. The van der Waals surface area contributed by atoms with Gasteiger partial charge in [0.2, 0.25) is 0 Å². The number of hydrogen-bond donors (Lipinski definition) is 1. The van der Waals surface area contributed by atoms with Gasteiger partial charge in [0.25, 0.3) is 0 Å². The molecule has 0 fully saturated rings. The van der Waals surface area contributed by atoms with Crippen LogP contribution in [0.15, 0.2) is 17.0 Å². The van der Waals surface area contributed by atoms with E-state index in [1.165, 1.54) is 26.2 Å². The molecule has 5 nitrogen and oxygen atoms in total. The quantitative estimate of drug-likeness (QED) is 0.860. The van der Waals surface area contributed by atoms with Crippen LogP contribution in [0.2, 0.25) is 10.0 Å². The molecule has 0 spiro atoms. The third-order valence-corrected chi connectivity index (χ3v) is 5.90. The standard InChI is InChI=1S/C12H14Cl2O5S/c1-7(5-6-19-2)20(17,18)9-4-3-8(13)10(11(9)14)12(15)16/h3-4,7H,5-6H2,1-2H3,(H,15,16). The number of rotatable bonds is 6. The molecule has 0 aromatic heterocycles. The van der Waals surface area contributed by atoms with Crippen molar-refractivity contribution in [3.8, 4) is 0 Å². The van der Waals surface area contributed by atoms with Gasteiger partial charge in [-0.25, -0.2) is 13.2 Å². The number of benzene rings is 1. The molecule has 20 heavy (non-hydrogen) atoms. The van der Waals surface area contributed by atoms with Crippen LogP contribution in [0.4, 0.5) is 0 Å². The minimum absolute atomic E-state index is 0.106. The van der Waals surface area contributed by atoms with Gasteiger partial charge in [-0.15, -0.1) is 0 Å². The van der Waals surface area contributed by atoms with Crippen LogP contribution in [0.5, 0.6) is 0 Å². The SMILES string of the molecule is COCCC(C)S(=O)(=O)c1ccc(Cl)c(C(=O)O)c1Cl. The summed E-state index contributed by atoms with van der Waals surface area (Å²) in [4.78, 5) is 10.8. The summed E-state index contributed by atoms with van der Waals surface area (Å²) in [5, 5.41) is 7.81. The van der Waals surface area contributed by atoms with E-state index in [2.05, 4.69) is 0 Å². The van der Waals surface area contributed by atoms with Crippen LogP contribution in [-0.2, 0) is 14.6 Å². The molecule has 1 N–H and O–H groups in total. The predicted octanol–water partition coefficient (Wildman–Crippen LogP) is 2.89. The van der Waals surface area contributed by atoms with Crippen LogP contribution < -0.4 is 0 Å². The summed E-state index contributed by atoms with van der Waals surface area (Å²) in [6.07, 6.45) is 0.278. The van der Waals surface area contributed by atoms with E-state index >= 15 is 0 Å². The molecular formula is C12H14Cl2O5S. The molecular weight excluding hydrogens is 327 g/mol. The molecule has 112 valence electrons. The molecule has 1 unspecified atom stereocenters. The van der Waals surface area contributed by atoms with Gasteiger partial charge in [-0.05, 0) is 25.5 Å². The first-order chi connectivity index (χ1) is 9.23. The van der Waals surface area contributed by atoms with Gasteiger partial charge < -0.3 is 9.84 Å². The minimum atomic E-state index is -3.75. The Morgan fingerprint density at radius 2 is 2.00 bits per heavy atom. The van der Waals surface area contributed by atoms with Gasteiger partial charge in [0, 0.05) is 13.7 Å². The Morgan fingerprint density at radius 1 is 1.40 bits per heavy atom. The molecule has 0 amide bonds. The van der Waals surface area contributed by atoms with Crippen LogP contribution in [0.25, 0.3) is 0 Å².